The van der Waals surface area contributed by atoms with Crippen LogP contribution in [0.15, 0.2) is 22.1 Å². The van der Waals surface area contributed by atoms with Gasteiger partial charge < -0.3 is 15.6 Å². The molecule has 0 aromatic rings. The predicted molar refractivity (Wildman–Crippen MR) is 124 cm³/mol. The zero-order valence-corrected chi connectivity index (χ0v) is 20.0. The minimum Gasteiger partial charge on any atom is -0.465 e. The normalized spacial score (nSPS) is 22.3. The van der Waals surface area contributed by atoms with Crippen LogP contribution in [0.1, 0.15) is 80.1 Å². The standard InChI is InChI=1S/C13H24N4.C9H17N3O2/c1-9(2)7-5-6-8-12-14-15-13-10(3)11(4)16-17(12)13;1-3-4-14-9(13)7(2)5-8-6-10-12-11-8/h9-10,13,15H,5-8H2,1-4H3;6-7,10-12H,3-5H2,1-2H3. The summed E-state index contributed by atoms with van der Waals surface area (Å²) in [6.45, 7) is 13.2. The van der Waals surface area contributed by atoms with E-state index in [-0.39, 0.29) is 18.1 Å². The number of rotatable bonds is 10. The SMILES string of the molecule is CC1=NN2C(CCCCC(C)C)=NNC2C1C.CCCOC(=O)C(C)CC1=CNNN1. The number of hydrogen-bond acceptors (Lipinski definition) is 9. The van der Waals surface area contributed by atoms with Crippen molar-refractivity contribution in [3.05, 3.63) is 11.9 Å². The van der Waals surface area contributed by atoms with Crippen molar-refractivity contribution in [1.29, 1.82) is 0 Å². The first-order valence-corrected chi connectivity index (χ1v) is 11.6. The molecular weight excluding hydrogens is 394 g/mol. The molecule has 3 atom stereocenters. The fraction of sp³-hybridized carbons (Fsp3) is 0.773. The fourth-order valence-electron chi connectivity index (χ4n) is 3.49. The van der Waals surface area contributed by atoms with Crippen molar-refractivity contribution in [2.45, 2.75) is 86.2 Å². The van der Waals surface area contributed by atoms with Crippen LogP contribution in [0.5, 0.6) is 0 Å². The molecule has 176 valence electrons. The van der Waals surface area contributed by atoms with Crippen LogP contribution in [0.25, 0.3) is 0 Å². The van der Waals surface area contributed by atoms with E-state index in [0.29, 0.717) is 18.9 Å². The molecule has 3 unspecified atom stereocenters. The van der Waals surface area contributed by atoms with Crippen molar-refractivity contribution in [2.75, 3.05) is 6.61 Å². The van der Waals surface area contributed by atoms with E-state index in [1.165, 1.54) is 25.0 Å². The van der Waals surface area contributed by atoms with Crippen LogP contribution < -0.4 is 21.8 Å². The molecule has 9 heteroatoms. The Hall–Kier alpha value is -2.29. The topological polar surface area (TPSA) is 102 Å². The monoisotopic (exact) mass is 435 g/mol. The number of amidine groups is 1. The van der Waals surface area contributed by atoms with Crippen molar-refractivity contribution >= 4 is 17.5 Å². The Labute approximate surface area is 187 Å². The number of fused-ring (bicyclic) bond motifs is 1. The van der Waals surface area contributed by atoms with Gasteiger partial charge in [-0.25, -0.2) is 5.01 Å². The molecule has 3 aliphatic rings. The fourth-order valence-corrected chi connectivity index (χ4v) is 3.49. The minimum absolute atomic E-state index is 0.109. The van der Waals surface area contributed by atoms with Gasteiger partial charge in [0.2, 0.25) is 0 Å². The second-order valence-corrected chi connectivity index (χ2v) is 8.95. The summed E-state index contributed by atoms with van der Waals surface area (Å²) in [5.41, 5.74) is 13.8. The minimum atomic E-state index is -0.138. The zero-order valence-electron chi connectivity index (χ0n) is 20.0. The molecule has 4 N–H and O–H groups in total. The first-order chi connectivity index (χ1) is 14.8. The average Bonchev–Trinajstić information content (AvgIpc) is 3.44. The summed E-state index contributed by atoms with van der Waals surface area (Å²) < 4.78 is 5.03. The number of allylic oxidation sites excluding steroid dienone is 1. The summed E-state index contributed by atoms with van der Waals surface area (Å²) in [6, 6.07) is 0. The zero-order chi connectivity index (χ0) is 22.8. The van der Waals surface area contributed by atoms with E-state index in [9.17, 15) is 4.79 Å². The molecule has 0 saturated heterocycles. The van der Waals surface area contributed by atoms with Crippen molar-refractivity contribution in [1.82, 2.24) is 26.8 Å². The van der Waals surface area contributed by atoms with E-state index in [0.717, 1.165) is 30.3 Å². The smallest absolute Gasteiger partial charge is 0.309 e. The lowest BCUT2D eigenvalue weighted by molar-refractivity contribution is -0.147. The van der Waals surface area contributed by atoms with E-state index in [2.05, 4.69) is 64.7 Å². The Morgan fingerprint density at radius 2 is 2.06 bits per heavy atom. The van der Waals surface area contributed by atoms with Crippen LogP contribution in [0.4, 0.5) is 0 Å². The third kappa shape index (κ3) is 7.72. The second kappa shape index (κ2) is 12.5. The Kier molecular flexibility index (Phi) is 10.1. The maximum atomic E-state index is 11.4. The van der Waals surface area contributed by atoms with E-state index in [1.54, 1.807) is 6.20 Å². The molecule has 0 bridgehead atoms. The van der Waals surface area contributed by atoms with Crippen LogP contribution in [0, 0.1) is 17.8 Å². The highest BCUT2D eigenvalue weighted by atomic mass is 16.5. The summed E-state index contributed by atoms with van der Waals surface area (Å²) in [7, 11) is 0. The number of hydrazone groups is 2. The lowest BCUT2D eigenvalue weighted by Gasteiger charge is -2.18. The molecule has 0 aromatic heterocycles. The molecule has 9 nitrogen and oxygen atoms in total. The summed E-state index contributed by atoms with van der Waals surface area (Å²) in [5, 5.41) is 11.1. The number of carbonyl (C=O) groups is 1. The summed E-state index contributed by atoms with van der Waals surface area (Å²) in [4.78, 5) is 11.4. The van der Waals surface area contributed by atoms with E-state index >= 15 is 0 Å². The van der Waals surface area contributed by atoms with Crippen molar-refractivity contribution in [3.8, 4) is 0 Å². The molecule has 3 rings (SSSR count). The first-order valence-electron chi connectivity index (χ1n) is 11.6. The van der Waals surface area contributed by atoms with E-state index < -0.39 is 0 Å². The van der Waals surface area contributed by atoms with Gasteiger partial charge in [-0.05, 0) is 25.7 Å². The molecule has 0 aromatic carbocycles. The highest BCUT2D eigenvalue weighted by Gasteiger charge is 2.37. The molecule has 0 amide bonds. The van der Waals surface area contributed by atoms with Crippen LogP contribution >= 0.6 is 0 Å². The van der Waals surface area contributed by atoms with Gasteiger partial charge in [-0.1, -0.05) is 47.5 Å². The quantitative estimate of drug-likeness (QED) is 0.309. The molecule has 3 heterocycles. The third-order valence-corrected chi connectivity index (χ3v) is 5.60. The Morgan fingerprint density at radius 3 is 2.71 bits per heavy atom. The van der Waals surface area contributed by atoms with Gasteiger partial charge in [0.05, 0.1) is 12.5 Å². The first kappa shape index (κ1) is 25.0. The molecular formula is C22H41N7O2. The van der Waals surface area contributed by atoms with Gasteiger partial charge in [-0.3, -0.25) is 10.2 Å². The molecule has 31 heavy (non-hydrogen) atoms. The molecule has 0 fully saturated rings. The number of nitrogens with one attached hydrogen (secondary N) is 4. The van der Waals surface area contributed by atoms with Crippen molar-refractivity contribution in [3.63, 3.8) is 0 Å². The Morgan fingerprint density at radius 1 is 1.29 bits per heavy atom. The number of unbranched alkanes of at least 4 members (excludes halogenated alkanes) is 1. The second-order valence-electron chi connectivity index (χ2n) is 8.95. The number of hydrazine groups is 2. The van der Waals surface area contributed by atoms with Gasteiger partial charge in [-0.15, -0.1) is 0 Å². The maximum Gasteiger partial charge on any atom is 0.309 e. The summed E-state index contributed by atoms with van der Waals surface area (Å²) >= 11 is 0. The van der Waals surface area contributed by atoms with Gasteiger partial charge >= 0.3 is 5.97 Å². The number of esters is 1. The molecule has 0 radical (unpaired) electrons. The Bertz CT molecular complexity index is 675. The molecule has 0 aliphatic carbocycles. The number of ether oxygens (including phenoxy) is 1. The number of carbonyl (C=O) groups excluding carboxylic acids is 1. The Balaban J connectivity index is 0.000000225. The van der Waals surface area contributed by atoms with Gasteiger partial charge in [-0.2, -0.15) is 15.7 Å². The van der Waals surface area contributed by atoms with Crippen LogP contribution in [-0.4, -0.2) is 35.3 Å². The molecule has 0 spiro atoms. The van der Waals surface area contributed by atoms with Crippen LogP contribution in [0.3, 0.4) is 0 Å². The van der Waals surface area contributed by atoms with Gasteiger partial charge in [0.25, 0.3) is 0 Å². The lowest BCUT2D eigenvalue weighted by atomic mass is 10.0. The molecule has 0 saturated carbocycles. The van der Waals surface area contributed by atoms with Crippen LogP contribution in [0.2, 0.25) is 0 Å². The number of nitrogens with zero attached hydrogens (tertiary/aromatic N) is 3. The maximum absolute atomic E-state index is 11.4. The van der Waals surface area contributed by atoms with Gasteiger partial charge in [0, 0.05) is 36.4 Å². The average molecular weight is 436 g/mol. The predicted octanol–water partition coefficient (Wildman–Crippen LogP) is 3.19. The lowest BCUT2D eigenvalue weighted by Crippen LogP contribution is -2.37. The van der Waals surface area contributed by atoms with Gasteiger partial charge in [0.15, 0.2) is 0 Å². The van der Waals surface area contributed by atoms with Crippen LogP contribution in [-0.2, 0) is 9.53 Å². The highest BCUT2D eigenvalue weighted by molar-refractivity contribution is 5.92. The summed E-state index contributed by atoms with van der Waals surface area (Å²) in [5.74, 6) is 2.14. The molecule has 3 aliphatic heterocycles. The van der Waals surface area contributed by atoms with Gasteiger partial charge in [0.1, 0.15) is 12.0 Å². The number of hydrogen-bond donors (Lipinski definition) is 4. The van der Waals surface area contributed by atoms with Crippen molar-refractivity contribution < 1.29 is 9.53 Å². The van der Waals surface area contributed by atoms with E-state index in [4.69, 9.17) is 4.74 Å². The largest absolute Gasteiger partial charge is 0.465 e. The third-order valence-electron chi connectivity index (χ3n) is 5.60. The van der Waals surface area contributed by atoms with Crippen molar-refractivity contribution in [2.24, 2.45) is 28.0 Å². The highest BCUT2D eigenvalue weighted by Crippen LogP contribution is 2.25. The summed E-state index contributed by atoms with van der Waals surface area (Å²) in [6.07, 6.45) is 8.44. The van der Waals surface area contributed by atoms with E-state index in [1.807, 2.05) is 13.8 Å².